The summed E-state index contributed by atoms with van der Waals surface area (Å²) in [5, 5.41) is 20.9. The third kappa shape index (κ3) is 5.86. The molecule has 16 heavy (non-hydrogen) atoms. The monoisotopic (exact) mass is 233 g/mol. The summed E-state index contributed by atoms with van der Waals surface area (Å²) in [5.41, 5.74) is 9.79. The number of hydrogen-bond acceptors (Lipinski definition) is 7. The number of aryl methyl sites for hydroxylation is 1. The Bertz CT molecular complexity index is 356. The molecule has 8 N–H and O–H groups in total. The summed E-state index contributed by atoms with van der Waals surface area (Å²) in [6.07, 6.45) is 0. The first-order valence-electron chi connectivity index (χ1n) is 3.65. The van der Waals surface area contributed by atoms with Gasteiger partial charge in [-0.15, -0.1) is 5.21 Å². The fraction of sp³-hybridized carbons (Fsp3) is 0.333. The Labute approximate surface area is 88.7 Å². The van der Waals surface area contributed by atoms with E-state index in [1.54, 1.807) is 0 Å². The molecule has 0 aliphatic rings. The standard InChI is InChI=1S/C2H3N6O2.CH7N5/c1-7-4-2(3-6-7)5-8(9)10;2-1(5-3)6-4/h1H3;3-4H2,(H3,2,5,6)/q-1;/p+1. The Kier molecular flexibility index (Phi) is 5.58. The van der Waals surface area contributed by atoms with Crippen molar-refractivity contribution < 1.29 is 10.1 Å². The maximum Gasteiger partial charge on any atom is 0.379 e. The number of nitro groups is 1. The van der Waals surface area contributed by atoms with Gasteiger partial charge >= 0.3 is 5.96 Å². The van der Waals surface area contributed by atoms with Gasteiger partial charge in [-0.2, -0.15) is 10.9 Å². The predicted octanol–water partition coefficient (Wildman–Crippen LogP) is -4.87. The summed E-state index contributed by atoms with van der Waals surface area (Å²) in [5.74, 6) is 9.36. The molecule has 1 aromatic rings. The van der Waals surface area contributed by atoms with Gasteiger partial charge in [-0.1, -0.05) is 5.43 Å². The lowest BCUT2D eigenvalue weighted by Gasteiger charge is -1.91. The van der Waals surface area contributed by atoms with E-state index in [0.29, 0.717) is 0 Å². The molecular formula is C3H11N11O2. The number of aromatic nitrogens is 4. The second kappa shape index (κ2) is 6.71. The predicted molar refractivity (Wildman–Crippen MR) is 50.5 cm³/mol. The van der Waals surface area contributed by atoms with Crippen molar-refractivity contribution in [2.75, 3.05) is 0 Å². The van der Waals surface area contributed by atoms with E-state index in [1.807, 2.05) is 0 Å². The maximum absolute atomic E-state index is 9.70. The molecule has 0 atom stereocenters. The van der Waals surface area contributed by atoms with Crippen molar-refractivity contribution in [1.29, 1.82) is 0 Å². The molecule has 13 nitrogen and oxygen atoms in total. The molecule has 0 amide bonds. The van der Waals surface area contributed by atoms with Crippen molar-refractivity contribution in [3.63, 3.8) is 0 Å². The summed E-state index contributed by atoms with van der Waals surface area (Å²) < 4.78 is 0. The third-order valence-corrected chi connectivity index (χ3v) is 0.980. The van der Waals surface area contributed by atoms with Gasteiger partial charge < -0.3 is 0 Å². The van der Waals surface area contributed by atoms with Gasteiger partial charge in [0.05, 0.1) is 0 Å². The molecule has 0 aromatic carbocycles. The van der Waals surface area contributed by atoms with Gasteiger partial charge in [-0.3, -0.25) is 16.7 Å². The number of nitrogens with one attached hydrogen (secondary N) is 2. The van der Waals surface area contributed by atoms with Gasteiger partial charge in [0.15, 0.2) is 0 Å². The van der Waals surface area contributed by atoms with E-state index in [1.165, 1.54) is 7.05 Å². The van der Waals surface area contributed by atoms with Crippen molar-refractivity contribution in [2.45, 2.75) is 0 Å². The van der Waals surface area contributed by atoms with Crippen LogP contribution in [0.1, 0.15) is 0 Å². The lowest BCUT2D eigenvalue weighted by atomic mass is 11.1. The number of rotatable bonds is 2. The normalized spacial score (nSPS) is 10.0. The second-order valence-corrected chi connectivity index (χ2v) is 2.12. The fourth-order valence-corrected chi connectivity index (χ4v) is 0.429. The van der Waals surface area contributed by atoms with E-state index >= 15 is 0 Å². The van der Waals surface area contributed by atoms with Crippen LogP contribution in [0.2, 0.25) is 0 Å². The molecule has 0 spiro atoms. The van der Waals surface area contributed by atoms with E-state index in [2.05, 4.69) is 31.4 Å². The number of guanidine groups is 1. The Morgan fingerprint density at radius 1 is 1.75 bits per heavy atom. The van der Waals surface area contributed by atoms with Crippen LogP contribution in [0.5, 0.6) is 0 Å². The molecule has 0 unspecified atom stereocenters. The largest absolute Gasteiger partial charge is 0.379 e. The Balaban J connectivity index is 0.000000325. The maximum atomic E-state index is 9.70. The van der Waals surface area contributed by atoms with Crippen molar-refractivity contribution in [1.82, 2.24) is 25.6 Å². The summed E-state index contributed by atoms with van der Waals surface area (Å²) in [4.78, 5) is 10.8. The van der Waals surface area contributed by atoms with Crippen molar-refractivity contribution >= 4 is 11.9 Å². The average molecular weight is 233 g/mol. The van der Waals surface area contributed by atoms with Crippen molar-refractivity contribution in [2.24, 2.45) is 24.5 Å². The van der Waals surface area contributed by atoms with Crippen LogP contribution in [0, 0.1) is 10.1 Å². The number of hydrazone groups is 1. The molecule has 0 aliphatic carbocycles. The Morgan fingerprint density at radius 3 is 2.62 bits per heavy atom. The number of hydrogen-bond donors (Lipinski definition) is 5. The SMILES string of the molecule is Cn1nnc([N-][N+](=O)[O-])n1.NN/C(N)=[NH+]\N. The van der Waals surface area contributed by atoms with Crippen molar-refractivity contribution in [3.05, 3.63) is 15.5 Å². The average Bonchev–Trinajstić information content (AvgIpc) is 2.62. The highest BCUT2D eigenvalue weighted by atomic mass is 16.7. The van der Waals surface area contributed by atoms with Gasteiger partial charge in [-0.05, 0) is 0 Å². The highest BCUT2D eigenvalue weighted by Crippen LogP contribution is 2.05. The van der Waals surface area contributed by atoms with Crippen LogP contribution < -0.4 is 27.9 Å². The molecular weight excluding hydrogens is 222 g/mol. The lowest BCUT2D eigenvalue weighted by Crippen LogP contribution is -2.85. The summed E-state index contributed by atoms with van der Waals surface area (Å²) in [6.45, 7) is 0. The molecule has 1 aromatic heterocycles. The van der Waals surface area contributed by atoms with E-state index in [4.69, 9.17) is 17.4 Å². The van der Waals surface area contributed by atoms with Crippen molar-refractivity contribution in [3.8, 4) is 0 Å². The first kappa shape index (κ1) is 13.3. The second-order valence-electron chi connectivity index (χ2n) is 2.12. The zero-order chi connectivity index (χ0) is 12.6. The topological polar surface area (TPSA) is 205 Å². The van der Waals surface area contributed by atoms with Crippen LogP contribution in [0.15, 0.2) is 0 Å². The van der Waals surface area contributed by atoms with Crippen LogP contribution in [-0.4, -0.2) is 31.2 Å². The van der Waals surface area contributed by atoms with Crippen LogP contribution in [0.4, 0.5) is 5.95 Å². The van der Waals surface area contributed by atoms with Gasteiger partial charge in [0.2, 0.25) is 0 Å². The summed E-state index contributed by atoms with van der Waals surface area (Å²) in [7, 11) is 1.49. The zero-order valence-corrected chi connectivity index (χ0v) is 8.23. The molecule has 0 fully saturated rings. The lowest BCUT2D eigenvalue weighted by molar-refractivity contribution is -0.472. The zero-order valence-electron chi connectivity index (χ0n) is 8.23. The number of nitrogens with zero attached hydrogens (tertiary/aromatic N) is 6. The van der Waals surface area contributed by atoms with Crippen LogP contribution >= 0.6 is 0 Å². The molecule has 0 radical (unpaired) electrons. The van der Waals surface area contributed by atoms with Crippen LogP contribution in [-0.2, 0) is 7.05 Å². The van der Waals surface area contributed by atoms with Crippen LogP contribution in [0.3, 0.4) is 0 Å². The molecule has 0 bridgehead atoms. The minimum absolute atomic E-state index is 0.148. The van der Waals surface area contributed by atoms with Gasteiger partial charge in [0.1, 0.15) is 11.0 Å². The highest BCUT2D eigenvalue weighted by Gasteiger charge is 1.93. The molecule has 0 saturated carbocycles. The van der Waals surface area contributed by atoms with Crippen LogP contribution in [0.25, 0.3) is 5.43 Å². The van der Waals surface area contributed by atoms with E-state index < -0.39 is 5.03 Å². The summed E-state index contributed by atoms with van der Waals surface area (Å²) >= 11 is 0. The quantitative estimate of drug-likeness (QED) is 0.109. The van der Waals surface area contributed by atoms with Gasteiger partial charge in [-0.25, -0.2) is 25.4 Å². The smallest absolute Gasteiger partial charge is 0.296 e. The number of nitrogens with two attached hydrogens (primary N) is 3. The van der Waals surface area contributed by atoms with Gasteiger partial charge in [0, 0.05) is 7.05 Å². The van der Waals surface area contributed by atoms with E-state index in [0.717, 1.165) is 4.80 Å². The Morgan fingerprint density at radius 2 is 2.38 bits per heavy atom. The number of tetrazole rings is 1. The fourth-order valence-electron chi connectivity index (χ4n) is 0.429. The minimum atomic E-state index is -0.878. The minimum Gasteiger partial charge on any atom is -0.296 e. The van der Waals surface area contributed by atoms with Gasteiger partial charge in [0.25, 0.3) is 0 Å². The molecule has 90 valence electrons. The molecule has 0 saturated heterocycles. The first-order valence-corrected chi connectivity index (χ1v) is 3.65. The molecule has 13 heteroatoms. The Hall–Kier alpha value is -2.70. The van der Waals surface area contributed by atoms with E-state index in [9.17, 15) is 10.1 Å². The third-order valence-electron chi connectivity index (χ3n) is 0.980. The first-order chi connectivity index (χ1) is 7.49. The highest BCUT2D eigenvalue weighted by molar-refractivity contribution is 5.70. The molecule has 1 rings (SSSR count). The summed E-state index contributed by atoms with van der Waals surface area (Å²) in [6, 6.07) is 0. The van der Waals surface area contributed by atoms with E-state index in [-0.39, 0.29) is 11.9 Å². The molecule has 1 heterocycles. The number of hydrazine groups is 2. The molecule has 0 aliphatic heterocycles.